The van der Waals surface area contributed by atoms with Gasteiger partial charge >= 0.3 is 0 Å². The SMILES string of the molecule is CCCCC(N[C@H](C)c1ccc(Cl)cc1)c1ccccc1. The van der Waals surface area contributed by atoms with Crippen LogP contribution >= 0.6 is 11.6 Å². The van der Waals surface area contributed by atoms with E-state index in [4.69, 9.17) is 11.6 Å². The van der Waals surface area contributed by atoms with E-state index in [0.717, 1.165) is 5.02 Å². The Bertz CT molecular complexity index is 521. The molecule has 21 heavy (non-hydrogen) atoms. The van der Waals surface area contributed by atoms with E-state index < -0.39 is 0 Å². The van der Waals surface area contributed by atoms with Crippen molar-refractivity contribution in [1.82, 2.24) is 5.32 Å². The number of rotatable bonds is 7. The molecule has 1 N–H and O–H groups in total. The lowest BCUT2D eigenvalue weighted by Crippen LogP contribution is -2.24. The Hall–Kier alpha value is -1.31. The number of nitrogens with one attached hydrogen (secondary N) is 1. The number of hydrogen-bond acceptors (Lipinski definition) is 1. The van der Waals surface area contributed by atoms with Crippen LogP contribution < -0.4 is 5.32 Å². The molecule has 0 heterocycles. The molecule has 0 saturated heterocycles. The minimum atomic E-state index is 0.310. The van der Waals surface area contributed by atoms with Crippen LogP contribution in [0.2, 0.25) is 5.02 Å². The van der Waals surface area contributed by atoms with Crippen molar-refractivity contribution in [3.8, 4) is 0 Å². The average molecular weight is 302 g/mol. The van der Waals surface area contributed by atoms with E-state index in [1.165, 1.54) is 30.4 Å². The highest BCUT2D eigenvalue weighted by Gasteiger charge is 2.14. The van der Waals surface area contributed by atoms with Crippen molar-refractivity contribution in [2.75, 3.05) is 0 Å². The van der Waals surface area contributed by atoms with Crippen LogP contribution in [0, 0.1) is 0 Å². The molecule has 112 valence electrons. The zero-order chi connectivity index (χ0) is 15.1. The second-order valence-electron chi connectivity index (χ2n) is 5.55. The average Bonchev–Trinajstić information content (AvgIpc) is 2.52. The first-order valence-corrected chi connectivity index (χ1v) is 8.15. The van der Waals surface area contributed by atoms with Crippen molar-refractivity contribution in [3.05, 3.63) is 70.7 Å². The molecule has 1 unspecified atom stereocenters. The van der Waals surface area contributed by atoms with Crippen LogP contribution in [-0.4, -0.2) is 0 Å². The number of unbranched alkanes of at least 4 members (excludes halogenated alkanes) is 1. The van der Waals surface area contributed by atoms with E-state index in [2.05, 4.69) is 61.6 Å². The van der Waals surface area contributed by atoms with Gasteiger partial charge in [-0.2, -0.15) is 0 Å². The molecule has 0 amide bonds. The highest BCUT2D eigenvalue weighted by atomic mass is 35.5. The van der Waals surface area contributed by atoms with Gasteiger partial charge in [-0.15, -0.1) is 0 Å². The lowest BCUT2D eigenvalue weighted by atomic mass is 9.99. The maximum absolute atomic E-state index is 5.97. The molecule has 2 heteroatoms. The van der Waals surface area contributed by atoms with Gasteiger partial charge in [0.15, 0.2) is 0 Å². The third-order valence-corrected chi connectivity index (χ3v) is 4.12. The molecule has 0 aliphatic rings. The summed E-state index contributed by atoms with van der Waals surface area (Å²) in [5, 5.41) is 4.55. The normalized spacial score (nSPS) is 13.9. The molecule has 0 fully saturated rings. The van der Waals surface area contributed by atoms with Crippen molar-refractivity contribution < 1.29 is 0 Å². The van der Waals surface area contributed by atoms with E-state index in [1.54, 1.807) is 0 Å². The third kappa shape index (κ3) is 4.87. The van der Waals surface area contributed by atoms with Gasteiger partial charge in [0, 0.05) is 17.1 Å². The number of hydrogen-bond donors (Lipinski definition) is 1. The van der Waals surface area contributed by atoms with E-state index >= 15 is 0 Å². The van der Waals surface area contributed by atoms with Crippen molar-refractivity contribution >= 4 is 11.6 Å². The molecule has 2 aromatic rings. The molecular weight excluding hydrogens is 278 g/mol. The Labute approximate surface area is 133 Å². The van der Waals surface area contributed by atoms with Gasteiger partial charge in [-0.25, -0.2) is 0 Å². The van der Waals surface area contributed by atoms with Crippen molar-refractivity contribution in [1.29, 1.82) is 0 Å². The largest absolute Gasteiger partial charge is 0.303 e. The van der Waals surface area contributed by atoms with E-state index in [1.807, 2.05) is 12.1 Å². The summed E-state index contributed by atoms with van der Waals surface area (Å²) in [5.74, 6) is 0. The first-order valence-electron chi connectivity index (χ1n) is 7.77. The summed E-state index contributed by atoms with van der Waals surface area (Å²) in [6.07, 6.45) is 3.62. The fourth-order valence-electron chi connectivity index (χ4n) is 2.59. The zero-order valence-electron chi connectivity index (χ0n) is 12.9. The van der Waals surface area contributed by atoms with Crippen LogP contribution in [0.1, 0.15) is 56.3 Å². The zero-order valence-corrected chi connectivity index (χ0v) is 13.6. The van der Waals surface area contributed by atoms with Crippen LogP contribution in [0.5, 0.6) is 0 Å². The molecule has 0 spiro atoms. The van der Waals surface area contributed by atoms with Gasteiger partial charge in [0.1, 0.15) is 0 Å². The highest BCUT2D eigenvalue weighted by Crippen LogP contribution is 2.24. The van der Waals surface area contributed by atoms with Gasteiger partial charge in [0.2, 0.25) is 0 Å². The van der Waals surface area contributed by atoms with Crippen LogP contribution in [0.15, 0.2) is 54.6 Å². The summed E-state index contributed by atoms with van der Waals surface area (Å²) in [7, 11) is 0. The first-order chi connectivity index (χ1) is 10.2. The lowest BCUT2D eigenvalue weighted by molar-refractivity contribution is 0.431. The van der Waals surface area contributed by atoms with Crippen molar-refractivity contribution in [2.45, 2.75) is 45.2 Å². The van der Waals surface area contributed by atoms with Gasteiger partial charge in [-0.1, -0.05) is 73.8 Å². The smallest absolute Gasteiger partial charge is 0.0406 e. The molecule has 0 aliphatic heterocycles. The van der Waals surface area contributed by atoms with Gasteiger partial charge in [0.25, 0.3) is 0 Å². The fraction of sp³-hybridized carbons (Fsp3) is 0.368. The Balaban J connectivity index is 2.09. The minimum Gasteiger partial charge on any atom is -0.303 e. The quantitative estimate of drug-likeness (QED) is 0.669. The maximum atomic E-state index is 5.97. The molecule has 0 bridgehead atoms. The van der Waals surface area contributed by atoms with Gasteiger partial charge in [0.05, 0.1) is 0 Å². The topological polar surface area (TPSA) is 12.0 Å². The van der Waals surface area contributed by atoms with Crippen LogP contribution in [0.3, 0.4) is 0 Å². The predicted octanol–water partition coefficient (Wildman–Crippen LogP) is 5.92. The molecule has 2 aromatic carbocycles. The Morgan fingerprint density at radius 1 is 0.952 bits per heavy atom. The molecule has 2 rings (SSSR count). The van der Waals surface area contributed by atoms with E-state index in [-0.39, 0.29) is 0 Å². The second kappa shape index (κ2) is 8.21. The fourth-order valence-corrected chi connectivity index (χ4v) is 2.72. The molecule has 0 saturated carbocycles. The monoisotopic (exact) mass is 301 g/mol. The van der Waals surface area contributed by atoms with Crippen molar-refractivity contribution in [3.63, 3.8) is 0 Å². The number of benzene rings is 2. The highest BCUT2D eigenvalue weighted by molar-refractivity contribution is 6.30. The summed E-state index contributed by atoms with van der Waals surface area (Å²) in [4.78, 5) is 0. The molecule has 0 radical (unpaired) electrons. The lowest BCUT2D eigenvalue weighted by Gasteiger charge is -2.24. The molecular formula is C19H24ClN. The second-order valence-corrected chi connectivity index (χ2v) is 5.98. The van der Waals surface area contributed by atoms with Gasteiger partial charge < -0.3 is 5.32 Å². The van der Waals surface area contributed by atoms with Crippen LogP contribution in [0.4, 0.5) is 0 Å². The summed E-state index contributed by atoms with van der Waals surface area (Å²) >= 11 is 5.97. The van der Waals surface area contributed by atoms with E-state index in [0.29, 0.717) is 12.1 Å². The van der Waals surface area contributed by atoms with Gasteiger partial charge in [-0.05, 0) is 36.6 Å². The minimum absolute atomic E-state index is 0.310. The molecule has 1 nitrogen and oxygen atoms in total. The Morgan fingerprint density at radius 3 is 2.24 bits per heavy atom. The summed E-state index contributed by atoms with van der Waals surface area (Å²) in [6, 6.07) is 19.5. The summed E-state index contributed by atoms with van der Waals surface area (Å²) < 4.78 is 0. The van der Waals surface area contributed by atoms with Gasteiger partial charge in [-0.3, -0.25) is 0 Å². The molecule has 0 aliphatic carbocycles. The Kier molecular flexibility index (Phi) is 6.28. The molecule has 2 atom stereocenters. The summed E-state index contributed by atoms with van der Waals surface area (Å²) in [5.41, 5.74) is 2.64. The predicted molar refractivity (Wildman–Crippen MR) is 91.7 cm³/mol. The summed E-state index contributed by atoms with van der Waals surface area (Å²) in [6.45, 7) is 4.45. The Morgan fingerprint density at radius 2 is 1.62 bits per heavy atom. The molecule has 0 aromatic heterocycles. The first kappa shape index (κ1) is 16.1. The number of halogens is 1. The van der Waals surface area contributed by atoms with E-state index in [9.17, 15) is 0 Å². The standard InChI is InChI=1S/C19H24ClN/c1-3-4-10-19(17-8-6-5-7-9-17)21-15(2)16-11-13-18(20)14-12-16/h5-9,11-15,19,21H,3-4,10H2,1-2H3/t15-,19?/m1/s1. The third-order valence-electron chi connectivity index (χ3n) is 3.87. The van der Waals surface area contributed by atoms with Crippen LogP contribution in [-0.2, 0) is 0 Å². The van der Waals surface area contributed by atoms with Crippen molar-refractivity contribution in [2.24, 2.45) is 0 Å². The van der Waals surface area contributed by atoms with Crippen LogP contribution in [0.25, 0.3) is 0 Å². The maximum Gasteiger partial charge on any atom is 0.0406 e.